The van der Waals surface area contributed by atoms with Gasteiger partial charge in [0.2, 0.25) is 0 Å². The molecule has 0 spiro atoms. The molecular weight excluding hydrogens is 442 g/mol. The maximum Gasteiger partial charge on any atom is 0.528 e. The lowest BCUT2D eigenvalue weighted by molar-refractivity contribution is -0.143. The lowest BCUT2D eigenvalue weighted by Crippen LogP contribution is -2.29. The van der Waals surface area contributed by atoms with E-state index in [0.29, 0.717) is 53.8 Å². The number of carbonyl (C=O) groups excluding carboxylic acids is 1. The van der Waals surface area contributed by atoms with Gasteiger partial charge in [0.15, 0.2) is 0 Å². The molecule has 2 fully saturated rings. The molecule has 11 nitrogen and oxygen atoms in total. The predicted molar refractivity (Wildman–Crippen MR) is 120 cm³/mol. The minimum Gasteiger partial charge on any atom is -0.489 e. The Morgan fingerprint density at radius 3 is 2.71 bits per heavy atom. The molecule has 0 radical (unpaired) electrons. The van der Waals surface area contributed by atoms with Crippen molar-refractivity contribution in [1.29, 1.82) is 0 Å². The first-order valence-electron chi connectivity index (χ1n) is 11.7. The van der Waals surface area contributed by atoms with Gasteiger partial charge in [0.25, 0.3) is 0 Å². The van der Waals surface area contributed by atoms with Crippen LogP contribution < -0.4 is 10.2 Å². The number of rotatable bonds is 9. The highest BCUT2D eigenvalue weighted by molar-refractivity contribution is 5.70. The zero-order valence-electron chi connectivity index (χ0n) is 19.5. The van der Waals surface area contributed by atoms with Crippen molar-refractivity contribution in [2.45, 2.75) is 64.6 Å². The molecule has 0 saturated heterocycles. The van der Waals surface area contributed by atoms with Crippen LogP contribution >= 0.6 is 0 Å². The molecule has 2 atom stereocenters. The lowest BCUT2D eigenvalue weighted by atomic mass is 9.86. The van der Waals surface area contributed by atoms with Crippen molar-refractivity contribution in [1.82, 2.24) is 25.5 Å². The van der Waals surface area contributed by atoms with E-state index in [1.165, 1.54) is 11.1 Å². The summed E-state index contributed by atoms with van der Waals surface area (Å²) in [7, 11) is 1.71. The number of ether oxygens (including phenoxy) is 2. The number of hydrogen-bond acceptors (Lipinski definition) is 9. The van der Waals surface area contributed by atoms with Gasteiger partial charge in [-0.25, -0.2) is 14.5 Å². The number of hydroxylamine groups is 1. The zero-order chi connectivity index (χ0) is 24.1. The Kier molecular flexibility index (Phi) is 7.61. The Morgan fingerprint density at radius 2 is 2.00 bits per heavy atom. The summed E-state index contributed by atoms with van der Waals surface area (Å²) in [4.78, 5) is 32.8. The first-order valence-corrected chi connectivity index (χ1v) is 11.7. The number of carboxylic acids is 1. The molecule has 0 amide bonds. The zero-order valence-corrected chi connectivity index (χ0v) is 19.5. The summed E-state index contributed by atoms with van der Waals surface area (Å²) in [6, 6.07) is 3.58. The monoisotopic (exact) mass is 473 g/mol. The van der Waals surface area contributed by atoms with Crippen molar-refractivity contribution < 1.29 is 29.0 Å². The molecular formula is C23H31N5O6. The third-order valence-electron chi connectivity index (χ3n) is 6.57. The molecule has 2 heterocycles. The molecule has 184 valence electrons. The van der Waals surface area contributed by atoms with Crippen LogP contribution in [0.3, 0.4) is 0 Å². The highest BCUT2D eigenvalue weighted by Gasteiger charge is 2.28. The summed E-state index contributed by atoms with van der Waals surface area (Å²) in [5.74, 6) is 0.0312. The summed E-state index contributed by atoms with van der Waals surface area (Å²) < 4.78 is 12.8. The largest absolute Gasteiger partial charge is 0.528 e. The van der Waals surface area contributed by atoms with Gasteiger partial charge in [-0.2, -0.15) is 0 Å². The van der Waals surface area contributed by atoms with E-state index >= 15 is 0 Å². The van der Waals surface area contributed by atoms with Gasteiger partial charge in [-0.1, -0.05) is 11.6 Å². The molecule has 2 aliphatic rings. The third kappa shape index (κ3) is 5.82. The van der Waals surface area contributed by atoms with E-state index in [0.717, 1.165) is 25.7 Å². The van der Waals surface area contributed by atoms with E-state index in [-0.39, 0.29) is 18.6 Å². The molecule has 2 aliphatic carbocycles. The minimum absolute atomic E-state index is 0.0690. The molecule has 4 rings (SSSR count). The summed E-state index contributed by atoms with van der Waals surface area (Å²) in [6.07, 6.45) is 5.39. The third-order valence-corrected chi connectivity index (χ3v) is 6.57. The van der Waals surface area contributed by atoms with Crippen LogP contribution in [0.4, 0.5) is 4.79 Å². The fourth-order valence-corrected chi connectivity index (χ4v) is 4.27. The normalized spacial score (nSPS) is 20.4. The standard InChI is InChI=1S/C23H31N5O6/c1-14-20(33-17-8-4-7-16(11-17)22(29)30)10-9-18(25-14)21-19(28(2)27-26-21)13-32-23(31)34-24-12-15-5-3-6-15/h9-10,15-17,24H,3-8,11-13H2,1-2H3,(H,29,30)/t16-,17-/m0/s1. The van der Waals surface area contributed by atoms with E-state index in [9.17, 15) is 14.7 Å². The highest BCUT2D eigenvalue weighted by Crippen LogP contribution is 2.30. The number of carboxylic acid groups (broad SMARTS) is 1. The molecule has 2 aromatic rings. The lowest BCUT2D eigenvalue weighted by Gasteiger charge is -2.27. The summed E-state index contributed by atoms with van der Waals surface area (Å²) >= 11 is 0. The van der Waals surface area contributed by atoms with Crippen LogP contribution in [0.5, 0.6) is 5.75 Å². The van der Waals surface area contributed by atoms with Crippen molar-refractivity contribution in [3.63, 3.8) is 0 Å². The van der Waals surface area contributed by atoms with Crippen LogP contribution in [0, 0.1) is 18.8 Å². The number of aromatic nitrogens is 4. The van der Waals surface area contributed by atoms with Gasteiger partial charge in [0, 0.05) is 13.6 Å². The van der Waals surface area contributed by atoms with Crippen molar-refractivity contribution in [3.05, 3.63) is 23.5 Å². The smallest absolute Gasteiger partial charge is 0.489 e. The van der Waals surface area contributed by atoms with E-state index in [4.69, 9.17) is 14.3 Å². The van der Waals surface area contributed by atoms with Gasteiger partial charge in [0.05, 0.1) is 23.4 Å². The van der Waals surface area contributed by atoms with E-state index < -0.39 is 12.1 Å². The number of nitrogens with zero attached hydrogens (tertiary/aromatic N) is 4. The van der Waals surface area contributed by atoms with Gasteiger partial charge in [-0.05, 0) is 63.5 Å². The second-order valence-corrected chi connectivity index (χ2v) is 9.02. The number of hydrogen-bond donors (Lipinski definition) is 2. The fraction of sp³-hybridized carbons (Fsp3) is 0.609. The first kappa shape index (κ1) is 23.9. The molecule has 2 N–H and O–H groups in total. The summed E-state index contributed by atoms with van der Waals surface area (Å²) in [6.45, 7) is 2.39. The Balaban J connectivity index is 1.36. The van der Waals surface area contributed by atoms with E-state index in [1.54, 1.807) is 19.2 Å². The van der Waals surface area contributed by atoms with Crippen LogP contribution in [0.2, 0.25) is 0 Å². The number of aliphatic carboxylic acids is 1. The van der Waals surface area contributed by atoms with E-state index in [1.807, 2.05) is 6.92 Å². The maximum atomic E-state index is 11.9. The Hall–Kier alpha value is -3.21. The average molecular weight is 474 g/mol. The number of carbonyl (C=O) groups is 2. The Bertz CT molecular complexity index is 1020. The Morgan fingerprint density at radius 1 is 1.21 bits per heavy atom. The van der Waals surface area contributed by atoms with Crippen LogP contribution in [0.1, 0.15) is 56.3 Å². The first-order chi connectivity index (χ1) is 16.4. The van der Waals surface area contributed by atoms with Crippen LogP contribution in [0.25, 0.3) is 11.4 Å². The maximum absolute atomic E-state index is 11.9. The van der Waals surface area contributed by atoms with Crippen molar-refractivity contribution in [3.8, 4) is 17.1 Å². The molecule has 2 aromatic heterocycles. The summed E-state index contributed by atoms with van der Waals surface area (Å²) in [5, 5.41) is 17.5. The van der Waals surface area contributed by atoms with Crippen LogP contribution in [0.15, 0.2) is 12.1 Å². The molecule has 11 heteroatoms. The Labute approximate surface area is 197 Å². The quantitative estimate of drug-likeness (QED) is 0.412. The van der Waals surface area contributed by atoms with Crippen LogP contribution in [-0.4, -0.2) is 49.9 Å². The minimum atomic E-state index is -0.813. The van der Waals surface area contributed by atoms with Crippen LogP contribution in [-0.2, 0) is 28.0 Å². The average Bonchev–Trinajstić information content (AvgIpc) is 3.16. The molecule has 34 heavy (non-hydrogen) atoms. The molecule has 0 bridgehead atoms. The summed E-state index contributed by atoms with van der Waals surface area (Å²) in [5.41, 5.74) is 4.96. The molecule has 2 saturated carbocycles. The van der Waals surface area contributed by atoms with Crippen molar-refractivity contribution in [2.24, 2.45) is 18.9 Å². The predicted octanol–water partition coefficient (Wildman–Crippen LogP) is 3.17. The van der Waals surface area contributed by atoms with Gasteiger partial charge in [-0.3, -0.25) is 4.79 Å². The van der Waals surface area contributed by atoms with Crippen molar-refractivity contribution >= 4 is 12.1 Å². The number of aryl methyl sites for hydroxylation is 2. The van der Waals surface area contributed by atoms with Gasteiger partial charge < -0.3 is 19.4 Å². The van der Waals surface area contributed by atoms with E-state index in [2.05, 4.69) is 20.8 Å². The fourth-order valence-electron chi connectivity index (χ4n) is 4.27. The van der Waals surface area contributed by atoms with Gasteiger partial charge in [-0.15, -0.1) is 10.6 Å². The van der Waals surface area contributed by atoms with Gasteiger partial charge >= 0.3 is 12.1 Å². The highest BCUT2D eigenvalue weighted by atomic mass is 16.8. The molecule has 0 unspecified atom stereocenters. The molecule has 0 aliphatic heterocycles. The van der Waals surface area contributed by atoms with Gasteiger partial charge in [0.1, 0.15) is 23.7 Å². The second kappa shape index (κ2) is 10.8. The molecule has 0 aromatic carbocycles. The van der Waals surface area contributed by atoms with Crippen molar-refractivity contribution in [2.75, 3.05) is 6.54 Å². The topological polar surface area (TPSA) is 138 Å². The number of nitrogens with one attached hydrogen (secondary N) is 1. The SMILES string of the molecule is Cc1nc(-c2nnn(C)c2COC(=O)ONCC2CCC2)ccc1O[C@H]1CCC[C@H](C(=O)O)C1. The number of pyridine rings is 1. The second-order valence-electron chi connectivity index (χ2n) is 9.02.